The van der Waals surface area contributed by atoms with Crippen molar-refractivity contribution in [2.45, 2.75) is 53.4 Å². The molecule has 2 rings (SSSR count). The van der Waals surface area contributed by atoms with Gasteiger partial charge in [0.25, 0.3) is 0 Å². The highest BCUT2D eigenvalue weighted by atomic mass is 16.5. The number of ether oxygens (including phenoxy) is 1. The molecule has 0 saturated heterocycles. The van der Waals surface area contributed by atoms with Gasteiger partial charge in [-0.2, -0.15) is 0 Å². The largest absolute Gasteiger partial charge is 0.371 e. The van der Waals surface area contributed by atoms with Crippen LogP contribution in [0.4, 0.5) is 5.69 Å². The third-order valence-electron chi connectivity index (χ3n) is 3.87. The molecule has 0 unspecified atom stereocenters. The van der Waals surface area contributed by atoms with E-state index in [4.69, 9.17) is 10.5 Å². The van der Waals surface area contributed by atoms with Crippen LogP contribution in [0.25, 0.3) is 0 Å². The minimum atomic E-state index is -0.144. The Bertz CT molecular complexity index is 745. The molecule has 4 heteroatoms. The lowest BCUT2D eigenvalue weighted by molar-refractivity contribution is -0.0149. The maximum absolute atomic E-state index is 6.01. The quantitative estimate of drug-likeness (QED) is 0.621. The van der Waals surface area contributed by atoms with Crippen molar-refractivity contribution in [3.8, 4) is 0 Å². The predicted octanol–water partition coefficient (Wildman–Crippen LogP) is 4.55. The number of hydrogen-bond donors (Lipinski definition) is 2. The highest BCUT2D eigenvalue weighted by molar-refractivity contribution is 5.92. The standard InChI is InChI=1S/C21H29N3O/c1-15-9-10-19(11-16(15)2)24-20(22)23-13-17-7-6-8-18(12-17)14-25-21(3,4)5/h6-12H,13-14H2,1-5H3,(H3,22,23,24). The number of aryl methyl sites for hydroxylation is 2. The number of nitrogens with two attached hydrogens (primary N) is 1. The molecule has 0 heterocycles. The van der Waals surface area contributed by atoms with Crippen LogP contribution in [0.1, 0.15) is 43.0 Å². The zero-order chi connectivity index (χ0) is 18.4. The Morgan fingerprint density at radius 1 is 1.04 bits per heavy atom. The molecule has 3 N–H and O–H groups in total. The molecule has 0 atom stereocenters. The van der Waals surface area contributed by atoms with Crippen molar-refractivity contribution in [3.63, 3.8) is 0 Å². The fraction of sp³-hybridized carbons (Fsp3) is 0.381. The van der Waals surface area contributed by atoms with Gasteiger partial charge < -0.3 is 15.8 Å². The summed E-state index contributed by atoms with van der Waals surface area (Å²) in [7, 11) is 0. The van der Waals surface area contributed by atoms with E-state index in [0.717, 1.165) is 16.8 Å². The first kappa shape index (κ1) is 19.0. The number of anilines is 1. The molecular formula is C21H29N3O. The van der Waals surface area contributed by atoms with Crippen molar-refractivity contribution >= 4 is 11.6 Å². The van der Waals surface area contributed by atoms with Crippen LogP contribution in [0.3, 0.4) is 0 Å². The Morgan fingerprint density at radius 2 is 1.76 bits per heavy atom. The summed E-state index contributed by atoms with van der Waals surface area (Å²) < 4.78 is 5.82. The Balaban J connectivity index is 1.96. The van der Waals surface area contributed by atoms with Crippen molar-refractivity contribution in [1.82, 2.24) is 0 Å². The van der Waals surface area contributed by atoms with Crippen LogP contribution in [0.2, 0.25) is 0 Å². The molecule has 25 heavy (non-hydrogen) atoms. The summed E-state index contributed by atoms with van der Waals surface area (Å²) in [5.41, 5.74) is 11.6. The zero-order valence-corrected chi connectivity index (χ0v) is 15.9. The molecule has 4 nitrogen and oxygen atoms in total. The van der Waals surface area contributed by atoms with Gasteiger partial charge in [-0.25, -0.2) is 4.99 Å². The van der Waals surface area contributed by atoms with Gasteiger partial charge in [0.15, 0.2) is 5.96 Å². The van der Waals surface area contributed by atoms with Crippen LogP contribution >= 0.6 is 0 Å². The number of benzene rings is 2. The summed E-state index contributed by atoms with van der Waals surface area (Å²) in [5.74, 6) is 0.416. The van der Waals surface area contributed by atoms with Crippen molar-refractivity contribution in [2.24, 2.45) is 10.7 Å². The SMILES string of the molecule is Cc1ccc(NC(N)=NCc2cccc(COC(C)(C)C)c2)cc1C. The lowest BCUT2D eigenvalue weighted by Gasteiger charge is -2.19. The second-order valence-corrected chi connectivity index (χ2v) is 7.35. The summed E-state index contributed by atoms with van der Waals surface area (Å²) in [6.45, 7) is 11.5. The first-order chi connectivity index (χ1) is 11.7. The number of nitrogens with zero attached hydrogens (tertiary/aromatic N) is 1. The molecule has 0 bridgehead atoms. The maximum Gasteiger partial charge on any atom is 0.193 e. The predicted molar refractivity (Wildman–Crippen MR) is 106 cm³/mol. The summed E-state index contributed by atoms with van der Waals surface area (Å²) in [6, 6.07) is 14.4. The van der Waals surface area contributed by atoms with Crippen molar-refractivity contribution in [2.75, 3.05) is 5.32 Å². The molecule has 0 spiro atoms. The van der Waals surface area contributed by atoms with Crippen LogP contribution in [0.5, 0.6) is 0 Å². The first-order valence-electron chi connectivity index (χ1n) is 8.59. The molecule has 2 aromatic carbocycles. The molecule has 0 aliphatic rings. The van der Waals surface area contributed by atoms with Crippen LogP contribution < -0.4 is 11.1 Å². The van der Waals surface area contributed by atoms with E-state index in [1.54, 1.807) is 0 Å². The van der Waals surface area contributed by atoms with Crippen molar-refractivity contribution in [1.29, 1.82) is 0 Å². The Labute approximate surface area is 151 Å². The van der Waals surface area contributed by atoms with Gasteiger partial charge >= 0.3 is 0 Å². The minimum absolute atomic E-state index is 0.144. The molecular weight excluding hydrogens is 310 g/mol. The van der Waals surface area contributed by atoms with Gasteiger partial charge in [0.2, 0.25) is 0 Å². The van der Waals surface area contributed by atoms with E-state index in [9.17, 15) is 0 Å². The average molecular weight is 339 g/mol. The summed E-state index contributed by atoms with van der Waals surface area (Å²) in [4.78, 5) is 4.43. The van der Waals surface area contributed by atoms with Gasteiger partial charge in [0.05, 0.1) is 18.8 Å². The normalized spacial score (nSPS) is 12.3. The number of guanidine groups is 1. The van der Waals surface area contributed by atoms with Gasteiger partial charge in [0, 0.05) is 5.69 Å². The Kier molecular flexibility index (Phi) is 6.21. The molecule has 0 aliphatic heterocycles. The Hall–Kier alpha value is -2.33. The lowest BCUT2D eigenvalue weighted by Crippen LogP contribution is -2.22. The van der Waals surface area contributed by atoms with Crippen molar-refractivity contribution in [3.05, 3.63) is 64.7 Å². The fourth-order valence-corrected chi connectivity index (χ4v) is 2.30. The summed E-state index contributed by atoms with van der Waals surface area (Å²) in [5, 5.41) is 3.14. The highest BCUT2D eigenvalue weighted by Crippen LogP contribution is 2.15. The molecule has 0 aromatic heterocycles. The topological polar surface area (TPSA) is 59.6 Å². The number of aliphatic imine (C=N–C) groups is 1. The Morgan fingerprint density at radius 3 is 2.44 bits per heavy atom. The van der Waals surface area contributed by atoms with E-state index >= 15 is 0 Å². The van der Waals surface area contributed by atoms with E-state index < -0.39 is 0 Å². The van der Waals surface area contributed by atoms with Crippen LogP contribution in [-0.2, 0) is 17.9 Å². The van der Waals surface area contributed by atoms with E-state index in [1.165, 1.54) is 11.1 Å². The van der Waals surface area contributed by atoms with Gasteiger partial charge in [0.1, 0.15) is 0 Å². The smallest absolute Gasteiger partial charge is 0.193 e. The zero-order valence-electron chi connectivity index (χ0n) is 15.9. The fourth-order valence-electron chi connectivity index (χ4n) is 2.30. The second kappa shape index (κ2) is 8.17. The monoisotopic (exact) mass is 339 g/mol. The average Bonchev–Trinajstić information content (AvgIpc) is 2.54. The van der Waals surface area contributed by atoms with Gasteiger partial charge in [-0.1, -0.05) is 30.3 Å². The van der Waals surface area contributed by atoms with E-state index in [-0.39, 0.29) is 5.60 Å². The molecule has 134 valence electrons. The molecule has 0 saturated carbocycles. The van der Waals surface area contributed by atoms with Gasteiger partial charge in [-0.05, 0) is 69.0 Å². The molecule has 0 fully saturated rings. The third kappa shape index (κ3) is 6.59. The second-order valence-electron chi connectivity index (χ2n) is 7.35. The molecule has 0 radical (unpaired) electrons. The van der Waals surface area contributed by atoms with E-state index in [0.29, 0.717) is 19.1 Å². The third-order valence-corrected chi connectivity index (χ3v) is 3.87. The number of hydrogen-bond acceptors (Lipinski definition) is 2. The van der Waals surface area contributed by atoms with Gasteiger partial charge in [-0.3, -0.25) is 0 Å². The minimum Gasteiger partial charge on any atom is -0.371 e. The lowest BCUT2D eigenvalue weighted by atomic mass is 10.1. The van der Waals surface area contributed by atoms with E-state index in [2.05, 4.69) is 69.2 Å². The summed E-state index contributed by atoms with van der Waals surface area (Å²) >= 11 is 0. The molecule has 2 aromatic rings. The number of nitrogens with one attached hydrogen (secondary N) is 1. The highest BCUT2D eigenvalue weighted by Gasteiger charge is 2.10. The maximum atomic E-state index is 6.01. The van der Waals surface area contributed by atoms with Crippen molar-refractivity contribution < 1.29 is 4.74 Å². The van der Waals surface area contributed by atoms with E-state index in [1.807, 2.05) is 18.2 Å². The molecule has 0 amide bonds. The molecule has 0 aliphatic carbocycles. The van der Waals surface area contributed by atoms with Crippen LogP contribution in [0.15, 0.2) is 47.5 Å². The number of rotatable bonds is 5. The summed E-state index contributed by atoms with van der Waals surface area (Å²) in [6.07, 6.45) is 0. The van der Waals surface area contributed by atoms with Crippen LogP contribution in [-0.4, -0.2) is 11.6 Å². The van der Waals surface area contributed by atoms with Gasteiger partial charge in [-0.15, -0.1) is 0 Å². The first-order valence-corrected chi connectivity index (χ1v) is 8.59. The van der Waals surface area contributed by atoms with Crippen LogP contribution in [0, 0.1) is 13.8 Å².